The van der Waals surface area contributed by atoms with Gasteiger partial charge in [0.25, 0.3) is 0 Å². The van der Waals surface area contributed by atoms with Crippen molar-refractivity contribution in [3.63, 3.8) is 0 Å². The maximum atomic E-state index is 4.34. The highest BCUT2D eigenvalue weighted by Gasteiger charge is 2.39. The molecule has 21 heavy (non-hydrogen) atoms. The van der Waals surface area contributed by atoms with Gasteiger partial charge in [-0.05, 0) is 49.1 Å². The summed E-state index contributed by atoms with van der Waals surface area (Å²) in [5, 5.41) is 0. The second-order valence-corrected chi connectivity index (χ2v) is 7.20. The zero-order valence-electron chi connectivity index (χ0n) is 13.7. The lowest BCUT2D eigenvalue weighted by Crippen LogP contribution is -2.49. The molecular formula is C19H33AlN. The van der Waals surface area contributed by atoms with E-state index in [9.17, 15) is 0 Å². The van der Waals surface area contributed by atoms with Crippen molar-refractivity contribution in [3.8, 4) is 0 Å². The molecule has 0 fully saturated rings. The van der Waals surface area contributed by atoms with Crippen molar-refractivity contribution in [2.75, 3.05) is 11.4 Å². The van der Waals surface area contributed by atoms with Crippen LogP contribution in [0.4, 0.5) is 5.69 Å². The number of para-hydroxylation sites is 1. The Bertz CT molecular complexity index is 429. The van der Waals surface area contributed by atoms with Gasteiger partial charge in [-0.15, -0.1) is 0 Å². The van der Waals surface area contributed by atoms with Crippen molar-refractivity contribution in [1.29, 1.82) is 0 Å². The standard InChI is InChI=1S/C19H30N.Al.3H/c1-6-19(13-15(2)3,14-16(4)5)20-12-11-17-9-7-8-10-18(17)20;;;;/h7-10,15-16H,1,6,11-14H2,2-5H3;;;;. The molecule has 1 aliphatic rings. The number of nitrogens with zero attached hydrogens (tertiary/aromatic N) is 1. The molecule has 0 atom stereocenters. The first-order chi connectivity index (χ1) is 9.48. The van der Waals surface area contributed by atoms with Crippen LogP contribution in [0.1, 0.15) is 52.5 Å². The Kier molecular flexibility index (Phi) is 6.83. The lowest BCUT2D eigenvalue weighted by molar-refractivity contribution is 0.268. The van der Waals surface area contributed by atoms with Gasteiger partial charge in [-0.25, -0.2) is 0 Å². The van der Waals surface area contributed by atoms with Crippen molar-refractivity contribution in [1.82, 2.24) is 0 Å². The van der Waals surface area contributed by atoms with Gasteiger partial charge in [-0.2, -0.15) is 0 Å². The minimum absolute atomic E-state index is 0. The third-order valence-corrected chi connectivity index (χ3v) is 4.50. The van der Waals surface area contributed by atoms with Crippen LogP contribution in [-0.2, 0) is 6.42 Å². The Hall–Kier alpha value is -0.448. The fourth-order valence-electron chi connectivity index (χ4n) is 3.99. The molecule has 0 bridgehead atoms. The van der Waals surface area contributed by atoms with E-state index in [1.54, 1.807) is 0 Å². The second-order valence-electron chi connectivity index (χ2n) is 7.20. The molecule has 1 aromatic carbocycles. The minimum atomic E-state index is 0. The Morgan fingerprint density at radius 2 is 1.67 bits per heavy atom. The molecule has 0 aromatic heterocycles. The van der Waals surface area contributed by atoms with Gasteiger partial charge in [0, 0.05) is 17.8 Å². The van der Waals surface area contributed by atoms with Crippen LogP contribution in [0.2, 0.25) is 0 Å². The van der Waals surface area contributed by atoms with Crippen molar-refractivity contribution in [2.45, 2.75) is 58.9 Å². The first-order valence-corrected chi connectivity index (χ1v) is 8.13. The Morgan fingerprint density at radius 3 is 2.19 bits per heavy atom. The fourth-order valence-corrected chi connectivity index (χ4v) is 3.99. The molecular weight excluding hydrogens is 269 g/mol. The summed E-state index contributed by atoms with van der Waals surface area (Å²) < 4.78 is 0. The van der Waals surface area contributed by atoms with Crippen LogP contribution < -0.4 is 4.90 Å². The van der Waals surface area contributed by atoms with E-state index in [-0.39, 0.29) is 22.9 Å². The van der Waals surface area contributed by atoms with Gasteiger partial charge < -0.3 is 4.90 Å². The molecule has 2 rings (SSSR count). The van der Waals surface area contributed by atoms with Crippen LogP contribution in [0.25, 0.3) is 0 Å². The fraction of sp³-hybridized carbons (Fsp3) is 0.632. The molecule has 0 spiro atoms. The molecule has 1 radical (unpaired) electrons. The maximum Gasteiger partial charge on any atom is 0.187 e. The molecule has 0 unspecified atom stereocenters. The zero-order chi connectivity index (χ0) is 14.8. The average Bonchev–Trinajstić information content (AvgIpc) is 2.81. The van der Waals surface area contributed by atoms with Crippen LogP contribution in [0.15, 0.2) is 24.3 Å². The van der Waals surface area contributed by atoms with Crippen molar-refractivity contribution >= 4 is 23.0 Å². The molecule has 0 amide bonds. The Labute approximate surface area is 142 Å². The summed E-state index contributed by atoms with van der Waals surface area (Å²) in [6.07, 6.45) is 4.66. The minimum Gasteiger partial charge on any atom is -0.365 e. The normalized spacial score (nSPS) is 14.5. The van der Waals surface area contributed by atoms with E-state index < -0.39 is 0 Å². The van der Waals surface area contributed by atoms with E-state index in [0.717, 1.165) is 13.0 Å². The zero-order valence-corrected chi connectivity index (χ0v) is 13.7. The summed E-state index contributed by atoms with van der Waals surface area (Å²) in [4.78, 5) is 2.68. The maximum absolute atomic E-state index is 4.34. The largest absolute Gasteiger partial charge is 0.365 e. The monoisotopic (exact) mass is 302 g/mol. The van der Waals surface area contributed by atoms with Gasteiger partial charge >= 0.3 is 0 Å². The van der Waals surface area contributed by atoms with Crippen LogP contribution in [0.5, 0.6) is 0 Å². The highest BCUT2D eigenvalue weighted by Crippen LogP contribution is 2.41. The Balaban J connectivity index is 0.00000220. The SMILES string of the molecule is [AlH3].[CH2]CC(CC(C)C)(CC(C)C)N1CCc2ccccc21. The van der Waals surface area contributed by atoms with Crippen LogP contribution in [0.3, 0.4) is 0 Å². The number of hydrogen-bond donors (Lipinski definition) is 0. The summed E-state index contributed by atoms with van der Waals surface area (Å²) in [6, 6.07) is 8.93. The first-order valence-electron chi connectivity index (χ1n) is 8.13. The predicted molar refractivity (Wildman–Crippen MR) is 99.0 cm³/mol. The first kappa shape index (κ1) is 18.6. The summed E-state index contributed by atoms with van der Waals surface area (Å²) in [5.74, 6) is 1.42. The molecule has 1 aliphatic heterocycles. The van der Waals surface area contributed by atoms with E-state index in [1.165, 1.54) is 30.5 Å². The number of fused-ring (bicyclic) bond motifs is 1. The lowest BCUT2D eigenvalue weighted by Gasteiger charge is -2.46. The summed E-state index contributed by atoms with van der Waals surface area (Å²) >= 11 is 0. The molecule has 1 nitrogen and oxygen atoms in total. The van der Waals surface area contributed by atoms with Crippen LogP contribution in [0, 0.1) is 18.8 Å². The molecule has 117 valence electrons. The van der Waals surface area contributed by atoms with Gasteiger partial charge in [0.05, 0.1) is 0 Å². The lowest BCUT2D eigenvalue weighted by atomic mass is 9.78. The number of benzene rings is 1. The van der Waals surface area contributed by atoms with Crippen LogP contribution in [-0.4, -0.2) is 29.4 Å². The second kappa shape index (κ2) is 7.71. The van der Waals surface area contributed by atoms with Crippen molar-refractivity contribution < 1.29 is 0 Å². The van der Waals surface area contributed by atoms with E-state index in [0.29, 0.717) is 11.8 Å². The van der Waals surface area contributed by atoms with Gasteiger partial charge in [0.15, 0.2) is 17.4 Å². The van der Waals surface area contributed by atoms with E-state index in [1.807, 2.05) is 0 Å². The molecule has 0 saturated carbocycles. The summed E-state index contributed by atoms with van der Waals surface area (Å²) in [6.45, 7) is 14.9. The average molecular weight is 302 g/mol. The number of rotatable bonds is 6. The van der Waals surface area contributed by atoms with E-state index in [4.69, 9.17) is 0 Å². The highest BCUT2D eigenvalue weighted by molar-refractivity contribution is 5.75. The van der Waals surface area contributed by atoms with E-state index >= 15 is 0 Å². The van der Waals surface area contributed by atoms with Gasteiger partial charge in [0.1, 0.15) is 0 Å². The van der Waals surface area contributed by atoms with E-state index in [2.05, 4.69) is 63.8 Å². The predicted octanol–water partition coefficient (Wildman–Crippen LogP) is 3.92. The quantitative estimate of drug-likeness (QED) is 0.720. The van der Waals surface area contributed by atoms with Gasteiger partial charge in [-0.3, -0.25) is 0 Å². The van der Waals surface area contributed by atoms with Gasteiger partial charge in [-0.1, -0.05) is 52.8 Å². The molecule has 0 aliphatic carbocycles. The topological polar surface area (TPSA) is 3.24 Å². The van der Waals surface area contributed by atoms with Crippen molar-refractivity contribution in [3.05, 3.63) is 36.8 Å². The highest BCUT2D eigenvalue weighted by atomic mass is 27.0. The molecule has 1 aromatic rings. The molecule has 1 heterocycles. The van der Waals surface area contributed by atoms with Crippen LogP contribution >= 0.6 is 0 Å². The van der Waals surface area contributed by atoms with Crippen molar-refractivity contribution in [2.24, 2.45) is 11.8 Å². The molecule has 2 heteroatoms. The Morgan fingerprint density at radius 1 is 1.10 bits per heavy atom. The summed E-state index contributed by atoms with van der Waals surface area (Å²) in [7, 11) is 0. The number of hydrogen-bond acceptors (Lipinski definition) is 1. The molecule has 0 saturated heterocycles. The number of anilines is 1. The summed E-state index contributed by atoms with van der Waals surface area (Å²) in [5.41, 5.74) is 3.20. The smallest absolute Gasteiger partial charge is 0.187 e. The molecule has 0 N–H and O–H groups in total. The van der Waals surface area contributed by atoms with Gasteiger partial charge in [0.2, 0.25) is 0 Å². The third kappa shape index (κ3) is 4.05. The third-order valence-electron chi connectivity index (χ3n) is 4.50.